The van der Waals surface area contributed by atoms with Crippen LogP contribution in [0.15, 0.2) is 47.6 Å². The third kappa shape index (κ3) is 3.94. The van der Waals surface area contributed by atoms with E-state index < -0.39 is 0 Å². The van der Waals surface area contributed by atoms with Gasteiger partial charge in [-0.3, -0.25) is 4.79 Å². The van der Waals surface area contributed by atoms with Gasteiger partial charge in [0.2, 0.25) is 5.91 Å². The molecule has 1 fully saturated rings. The van der Waals surface area contributed by atoms with Crippen LogP contribution < -0.4 is 9.64 Å². The van der Waals surface area contributed by atoms with Gasteiger partial charge in [0.15, 0.2) is 5.16 Å². The largest absolute Gasteiger partial charge is 0.495 e. The molecule has 1 amide bonds. The number of piperazine rings is 1. The Hall–Kier alpha value is -2.67. The molecule has 0 unspecified atom stereocenters. The maximum Gasteiger partial charge on any atom is 0.233 e. The van der Waals surface area contributed by atoms with Crippen molar-refractivity contribution in [1.29, 1.82) is 0 Å². The van der Waals surface area contributed by atoms with Gasteiger partial charge in [-0.25, -0.2) is 4.98 Å². The number of methoxy groups -OCH3 is 1. The fourth-order valence-electron chi connectivity index (χ4n) is 3.48. The van der Waals surface area contributed by atoms with E-state index in [0.29, 0.717) is 5.75 Å². The number of fused-ring (bicyclic) bond motifs is 1. The number of aryl methyl sites for hydroxylation is 1. The first-order valence-corrected chi connectivity index (χ1v) is 10.4. The van der Waals surface area contributed by atoms with Crippen molar-refractivity contribution in [3.63, 3.8) is 0 Å². The van der Waals surface area contributed by atoms with E-state index in [-0.39, 0.29) is 5.91 Å². The highest BCUT2D eigenvalue weighted by molar-refractivity contribution is 7.99. The molecule has 28 heavy (non-hydrogen) atoms. The lowest BCUT2D eigenvalue weighted by atomic mass is 10.2. The summed E-state index contributed by atoms with van der Waals surface area (Å²) < 4.78 is 5.46. The molecule has 4 rings (SSSR count). The summed E-state index contributed by atoms with van der Waals surface area (Å²) in [6, 6.07) is 14.1. The number of H-pyrrole nitrogens is 1. The summed E-state index contributed by atoms with van der Waals surface area (Å²) in [4.78, 5) is 24.7. The summed E-state index contributed by atoms with van der Waals surface area (Å²) in [6.45, 7) is 5.11. The van der Waals surface area contributed by atoms with E-state index in [0.717, 1.165) is 53.8 Å². The number of hydrogen-bond donors (Lipinski definition) is 1. The van der Waals surface area contributed by atoms with Gasteiger partial charge in [0.05, 0.1) is 29.6 Å². The van der Waals surface area contributed by atoms with Crippen LogP contribution >= 0.6 is 11.8 Å². The van der Waals surface area contributed by atoms with Crippen LogP contribution in [0.25, 0.3) is 11.0 Å². The SMILES string of the molecule is COc1ccccc1N1CCN(C(=O)CSc2nc3ccc(C)cc3[nH]2)CC1. The third-order valence-corrected chi connectivity index (χ3v) is 5.86. The normalized spacial score (nSPS) is 14.5. The van der Waals surface area contributed by atoms with E-state index in [4.69, 9.17) is 4.74 Å². The van der Waals surface area contributed by atoms with Gasteiger partial charge in [0.1, 0.15) is 5.75 Å². The molecule has 146 valence electrons. The Morgan fingerprint density at radius 1 is 1.18 bits per heavy atom. The average Bonchev–Trinajstić information content (AvgIpc) is 3.14. The van der Waals surface area contributed by atoms with Crippen molar-refractivity contribution in [3.8, 4) is 5.75 Å². The lowest BCUT2D eigenvalue weighted by Crippen LogP contribution is -2.49. The minimum atomic E-state index is 0.154. The topological polar surface area (TPSA) is 61.5 Å². The predicted molar refractivity (Wildman–Crippen MR) is 113 cm³/mol. The number of nitrogens with one attached hydrogen (secondary N) is 1. The molecule has 2 heterocycles. The molecule has 1 saturated heterocycles. The fraction of sp³-hybridized carbons (Fsp3) is 0.333. The first-order chi connectivity index (χ1) is 13.6. The number of benzene rings is 2. The number of para-hydroxylation sites is 2. The third-order valence-electron chi connectivity index (χ3n) is 5.01. The minimum absolute atomic E-state index is 0.154. The number of hydrogen-bond acceptors (Lipinski definition) is 5. The van der Waals surface area contributed by atoms with Crippen LogP contribution in [0, 0.1) is 6.92 Å². The molecule has 2 aromatic carbocycles. The second kappa shape index (κ2) is 8.14. The van der Waals surface area contributed by atoms with Gasteiger partial charge in [0.25, 0.3) is 0 Å². The highest BCUT2D eigenvalue weighted by atomic mass is 32.2. The average molecular weight is 397 g/mol. The van der Waals surface area contributed by atoms with Crippen LogP contribution in [0.1, 0.15) is 5.56 Å². The highest BCUT2D eigenvalue weighted by Gasteiger charge is 2.23. The van der Waals surface area contributed by atoms with Crippen molar-refractivity contribution >= 4 is 34.4 Å². The zero-order valence-corrected chi connectivity index (χ0v) is 17.0. The van der Waals surface area contributed by atoms with Crippen molar-refractivity contribution in [2.75, 3.05) is 43.9 Å². The first kappa shape index (κ1) is 18.7. The number of rotatable bonds is 5. The Labute approximate surface area is 168 Å². The molecule has 6 nitrogen and oxygen atoms in total. The minimum Gasteiger partial charge on any atom is -0.495 e. The first-order valence-electron chi connectivity index (χ1n) is 9.39. The Morgan fingerprint density at radius 3 is 2.75 bits per heavy atom. The van der Waals surface area contributed by atoms with Gasteiger partial charge < -0.3 is 19.5 Å². The maximum atomic E-state index is 12.6. The van der Waals surface area contributed by atoms with Gasteiger partial charge in [-0.2, -0.15) is 0 Å². The number of aromatic amines is 1. The molecule has 0 atom stereocenters. The van der Waals surface area contributed by atoms with Crippen LogP contribution in [0.3, 0.4) is 0 Å². The summed E-state index contributed by atoms with van der Waals surface area (Å²) in [5.41, 5.74) is 4.23. The van der Waals surface area contributed by atoms with E-state index in [9.17, 15) is 4.79 Å². The van der Waals surface area contributed by atoms with Gasteiger partial charge >= 0.3 is 0 Å². The second-order valence-electron chi connectivity index (χ2n) is 6.89. The monoisotopic (exact) mass is 396 g/mol. The van der Waals surface area contributed by atoms with Crippen molar-refractivity contribution < 1.29 is 9.53 Å². The summed E-state index contributed by atoms with van der Waals surface area (Å²) in [5.74, 6) is 1.42. The van der Waals surface area contributed by atoms with Crippen LogP contribution in [-0.2, 0) is 4.79 Å². The summed E-state index contributed by atoms with van der Waals surface area (Å²) in [7, 11) is 1.69. The summed E-state index contributed by atoms with van der Waals surface area (Å²) in [5, 5.41) is 0.793. The molecular weight excluding hydrogens is 372 g/mol. The number of thioether (sulfide) groups is 1. The Bertz CT molecular complexity index is 979. The van der Waals surface area contributed by atoms with Crippen molar-refractivity contribution in [1.82, 2.24) is 14.9 Å². The predicted octanol–water partition coefficient (Wildman–Crippen LogP) is 3.32. The molecule has 0 spiro atoms. The van der Waals surface area contributed by atoms with Crippen molar-refractivity contribution in [2.24, 2.45) is 0 Å². The van der Waals surface area contributed by atoms with Crippen molar-refractivity contribution in [3.05, 3.63) is 48.0 Å². The zero-order chi connectivity index (χ0) is 19.5. The fourth-order valence-corrected chi connectivity index (χ4v) is 4.27. The number of imidazole rings is 1. The van der Waals surface area contributed by atoms with Crippen LogP contribution in [0.2, 0.25) is 0 Å². The molecule has 0 saturated carbocycles. The van der Waals surface area contributed by atoms with E-state index in [1.807, 2.05) is 35.2 Å². The molecule has 0 radical (unpaired) electrons. The maximum absolute atomic E-state index is 12.6. The van der Waals surface area contributed by atoms with E-state index >= 15 is 0 Å². The molecule has 1 aliphatic heterocycles. The highest BCUT2D eigenvalue weighted by Crippen LogP contribution is 2.28. The van der Waals surface area contributed by atoms with Crippen molar-refractivity contribution in [2.45, 2.75) is 12.1 Å². The van der Waals surface area contributed by atoms with E-state index in [1.54, 1.807) is 7.11 Å². The smallest absolute Gasteiger partial charge is 0.233 e. The number of ether oxygens (including phenoxy) is 1. The zero-order valence-electron chi connectivity index (χ0n) is 16.1. The van der Waals surface area contributed by atoms with Crippen LogP contribution in [-0.4, -0.2) is 59.8 Å². The number of nitrogens with zero attached hydrogens (tertiary/aromatic N) is 3. The number of carbonyl (C=O) groups is 1. The molecular formula is C21H24N4O2S. The number of carbonyl (C=O) groups excluding carboxylic acids is 1. The van der Waals surface area contributed by atoms with Gasteiger partial charge in [-0.15, -0.1) is 0 Å². The van der Waals surface area contributed by atoms with E-state index in [1.165, 1.54) is 17.3 Å². The number of amides is 1. The molecule has 1 aromatic heterocycles. The second-order valence-corrected chi connectivity index (χ2v) is 7.85. The molecule has 1 aliphatic rings. The van der Waals surface area contributed by atoms with Gasteiger partial charge in [0, 0.05) is 26.2 Å². The standard InChI is InChI=1S/C21H24N4O2S/c1-15-7-8-16-17(13-15)23-21(22-16)28-14-20(26)25-11-9-24(10-12-25)18-5-3-4-6-19(18)27-2/h3-8,13H,9-12,14H2,1-2H3,(H,22,23). The molecule has 1 N–H and O–H groups in total. The molecule has 0 aliphatic carbocycles. The van der Waals surface area contributed by atoms with Gasteiger partial charge in [-0.1, -0.05) is 30.0 Å². The van der Waals surface area contributed by atoms with E-state index in [2.05, 4.69) is 33.9 Å². The Kier molecular flexibility index (Phi) is 5.43. The molecule has 0 bridgehead atoms. The summed E-state index contributed by atoms with van der Waals surface area (Å²) in [6.07, 6.45) is 0. The number of aromatic nitrogens is 2. The molecule has 3 aromatic rings. The lowest BCUT2D eigenvalue weighted by molar-refractivity contribution is -0.128. The Balaban J connectivity index is 1.32. The Morgan fingerprint density at radius 2 is 1.96 bits per heavy atom. The summed E-state index contributed by atoms with van der Waals surface area (Å²) >= 11 is 1.47. The number of anilines is 1. The lowest BCUT2D eigenvalue weighted by Gasteiger charge is -2.36. The molecule has 7 heteroatoms. The quantitative estimate of drug-likeness (QED) is 0.671. The van der Waals surface area contributed by atoms with Crippen LogP contribution in [0.5, 0.6) is 5.75 Å². The van der Waals surface area contributed by atoms with Crippen LogP contribution in [0.4, 0.5) is 5.69 Å². The van der Waals surface area contributed by atoms with Gasteiger partial charge in [-0.05, 0) is 36.8 Å².